The molecule has 1 fully saturated rings. The third kappa shape index (κ3) is 4.00. The standard InChI is InChI=1S/C12H12N4O5/c17-10-4-1-7(5-9(10)16(20)21)6-13-15-12(19)11(18)14-8-2-3-8/h1,4-6,8,17H,2-3H2,(H,14,18)(H,15,19)/p-1/b13-6-. The molecule has 2 amide bonds. The fourth-order valence-electron chi connectivity index (χ4n) is 1.45. The third-order valence-electron chi connectivity index (χ3n) is 2.68. The summed E-state index contributed by atoms with van der Waals surface area (Å²) in [7, 11) is 0. The molecule has 9 heteroatoms. The summed E-state index contributed by atoms with van der Waals surface area (Å²) in [4.78, 5) is 32.4. The predicted octanol–water partition coefficient (Wildman–Crippen LogP) is -0.603. The van der Waals surface area contributed by atoms with E-state index in [9.17, 15) is 24.8 Å². The van der Waals surface area contributed by atoms with Crippen molar-refractivity contribution in [2.75, 3.05) is 0 Å². The van der Waals surface area contributed by atoms with Crippen LogP contribution in [0.2, 0.25) is 0 Å². The van der Waals surface area contributed by atoms with E-state index in [-0.39, 0.29) is 11.6 Å². The largest absolute Gasteiger partial charge is 0.868 e. The first-order valence-corrected chi connectivity index (χ1v) is 6.06. The van der Waals surface area contributed by atoms with Gasteiger partial charge in [0.05, 0.1) is 11.1 Å². The monoisotopic (exact) mass is 291 g/mol. The van der Waals surface area contributed by atoms with Crippen LogP contribution in [0.3, 0.4) is 0 Å². The normalized spacial score (nSPS) is 13.9. The molecular weight excluding hydrogens is 280 g/mol. The number of carbonyl (C=O) groups excluding carboxylic acids is 2. The van der Waals surface area contributed by atoms with Gasteiger partial charge in [-0.25, -0.2) is 5.43 Å². The molecule has 0 spiro atoms. The van der Waals surface area contributed by atoms with Crippen molar-refractivity contribution in [2.45, 2.75) is 18.9 Å². The highest BCUT2D eigenvalue weighted by molar-refractivity contribution is 6.35. The van der Waals surface area contributed by atoms with Gasteiger partial charge in [-0.2, -0.15) is 5.10 Å². The Kier molecular flexibility index (Phi) is 4.12. The van der Waals surface area contributed by atoms with Crippen molar-refractivity contribution in [1.82, 2.24) is 10.7 Å². The number of carbonyl (C=O) groups is 2. The number of hydrazone groups is 1. The predicted molar refractivity (Wildman–Crippen MR) is 69.4 cm³/mol. The van der Waals surface area contributed by atoms with Crippen molar-refractivity contribution >= 4 is 23.7 Å². The molecule has 1 aliphatic carbocycles. The fourth-order valence-corrected chi connectivity index (χ4v) is 1.45. The SMILES string of the molecule is O=C(N/N=C\c1ccc([O-])c([N+](=O)[O-])c1)C(=O)NC1CC1. The van der Waals surface area contributed by atoms with Gasteiger partial charge in [-0.1, -0.05) is 12.1 Å². The second-order valence-electron chi connectivity index (χ2n) is 4.43. The second-order valence-corrected chi connectivity index (χ2v) is 4.43. The van der Waals surface area contributed by atoms with Gasteiger partial charge in [0.2, 0.25) is 0 Å². The second kappa shape index (κ2) is 5.99. The maximum absolute atomic E-state index is 11.3. The molecule has 0 atom stereocenters. The van der Waals surface area contributed by atoms with Crippen molar-refractivity contribution in [3.63, 3.8) is 0 Å². The zero-order valence-electron chi connectivity index (χ0n) is 10.7. The first-order chi connectivity index (χ1) is 9.97. The van der Waals surface area contributed by atoms with Gasteiger partial charge in [0, 0.05) is 17.7 Å². The molecule has 0 aromatic heterocycles. The molecule has 110 valence electrons. The summed E-state index contributed by atoms with van der Waals surface area (Å²) < 4.78 is 0. The van der Waals surface area contributed by atoms with Gasteiger partial charge in [0.25, 0.3) is 5.69 Å². The van der Waals surface area contributed by atoms with Gasteiger partial charge in [-0.15, -0.1) is 0 Å². The molecule has 2 rings (SSSR count). The van der Waals surface area contributed by atoms with Gasteiger partial charge >= 0.3 is 11.8 Å². The first kappa shape index (κ1) is 14.4. The molecule has 1 saturated carbocycles. The molecule has 1 aromatic rings. The average Bonchev–Trinajstić information content (AvgIpc) is 3.24. The number of hydrogen-bond donors (Lipinski definition) is 2. The van der Waals surface area contributed by atoms with Gasteiger partial charge in [0.1, 0.15) is 0 Å². The van der Waals surface area contributed by atoms with Crippen LogP contribution in [0.5, 0.6) is 5.75 Å². The van der Waals surface area contributed by atoms with Crippen LogP contribution in [0.15, 0.2) is 23.3 Å². The van der Waals surface area contributed by atoms with E-state index in [2.05, 4.69) is 10.4 Å². The summed E-state index contributed by atoms with van der Waals surface area (Å²) in [6, 6.07) is 3.43. The van der Waals surface area contributed by atoms with E-state index < -0.39 is 28.2 Å². The van der Waals surface area contributed by atoms with Crippen molar-refractivity contribution in [1.29, 1.82) is 0 Å². The van der Waals surface area contributed by atoms with E-state index in [0.29, 0.717) is 0 Å². The molecule has 21 heavy (non-hydrogen) atoms. The smallest absolute Gasteiger partial charge is 0.329 e. The van der Waals surface area contributed by atoms with E-state index >= 15 is 0 Å². The van der Waals surface area contributed by atoms with E-state index in [1.807, 2.05) is 5.43 Å². The highest BCUT2D eigenvalue weighted by Crippen LogP contribution is 2.22. The molecule has 0 unspecified atom stereocenters. The summed E-state index contributed by atoms with van der Waals surface area (Å²) in [5.41, 5.74) is 1.67. The van der Waals surface area contributed by atoms with Crippen molar-refractivity contribution in [2.24, 2.45) is 5.10 Å². The summed E-state index contributed by atoms with van der Waals surface area (Å²) >= 11 is 0. The first-order valence-electron chi connectivity index (χ1n) is 6.06. The summed E-state index contributed by atoms with van der Waals surface area (Å²) in [5.74, 6) is -2.42. The summed E-state index contributed by atoms with van der Waals surface area (Å²) in [6.07, 6.45) is 2.82. The van der Waals surface area contributed by atoms with Gasteiger partial charge in [0.15, 0.2) is 0 Å². The Morgan fingerprint density at radius 2 is 2.05 bits per heavy atom. The minimum absolute atomic E-state index is 0.0551. The number of nitro groups is 1. The minimum atomic E-state index is -0.923. The highest BCUT2D eigenvalue weighted by Gasteiger charge is 2.26. The number of nitro benzene ring substituents is 1. The van der Waals surface area contributed by atoms with Crippen LogP contribution in [0.25, 0.3) is 0 Å². The Morgan fingerprint density at radius 1 is 1.33 bits per heavy atom. The topological polar surface area (TPSA) is 137 Å². The summed E-state index contributed by atoms with van der Waals surface area (Å²) in [6.45, 7) is 0. The zero-order chi connectivity index (χ0) is 15.4. The van der Waals surface area contributed by atoms with Crippen LogP contribution in [-0.4, -0.2) is 29.0 Å². The number of rotatable bonds is 4. The number of nitrogens with zero attached hydrogens (tertiary/aromatic N) is 2. The molecular formula is C12H11N4O5-. The lowest BCUT2D eigenvalue weighted by Gasteiger charge is -2.06. The lowest BCUT2D eigenvalue weighted by atomic mass is 10.2. The van der Waals surface area contributed by atoms with Crippen molar-refractivity contribution in [3.8, 4) is 5.75 Å². The van der Waals surface area contributed by atoms with Crippen LogP contribution in [0, 0.1) is 10.1 Å². The van der Waals surface area contributed by atoms with Crippen LogP contribution >= 0.6 is 0 Å². The maximum Gasteiger partial charge on any atom is 0.329 e. The van der Waals surface area contributed by atoms with Crippen molar-refractivity contribution < 1.29 is 19.6 Å². The Bertz CT molecular complexity index is 624. The number of benzene rings is 1. The molecule has 0 saturated heterocycles. The number of amides is 2. The molecule has 1 aliphatic rings. The van der Waals surface area contributed by atoms with E-state index in [1.54, 1.807) is 0 Å². The van der Waals surface area contributed by atoms with Crippen LogP contribution < -0.4 is 15.8 Å². The minimum Gasteiger partial charge on any atom is -0.868 e. The lowest BCUT2D eigenvalue weighted by Crippen LogP contribution is -2.38. The van der Waals surface area contributed by atoms with Crippen molar-refractivity contribution in [3.05, 3.63) is 33.9 Å². The fraction of sp³-hybridized carbons (Fsp3) is 0.250. The number of hydrogen-bond acceptors (Lipinski definition) is 6. The Hall–Kier alpha value is -2.97. The molecule has 1 aromatic carbocycles. The van der Waals surface area contributed by atoms with Crippen LogP contribution in [-0.2, 0) is 9.59 Å². The highest BCUT2D eigenvalue weighted by atomic mass is 16.6. The summed E-state index contributed by atoms with van der Waals surface area (Å²) in [5, 5.41) is 27.8. The Morgan fingerprint density at radius 3 is 2.67 bits per heavy atom. The molecule has 0 heterocycles. The molecule has 2 N–H and O–H groups in total. The molecule has 0 bridgehead atoms. The molecule has 9 nitrogen and oxygen atoms in total. The van der Waals surface area contributed by atoms with Crippen LogP contribution in [0.1, 0.15) is 18.4 Å². The van der Waals surface area contributed by atoms with E-state index in [4.69, 9.17) is 0 Å². The number of nitrogens with one attached hydrogen (secondary N) is 2. The quantitative estimate of drug-likeness (QED) is 0.330. The Balaban J connectivity index is 1.94. The zero-order valence-corrected chi connectivity index (χ0v) is 10.7. The van der Waals surface area contributed by atoms with E-state index in [0.717, 1.165) is 31.2 Å². The van der Waals surface area contributed by atoms with Gasteiger partial charge in [-0.3, -0.25) is 19.7 Å². The van der Waals surface area contributed by atoms with E-state index in [1.165, 1.54) is 6.07 Å². The Labute approximate surface area is 118 Å². The average molecular weight is 291 g/mol. The third-order valence-corrected chi connectivity index (χ3v) is 2.68. The maximum atomic E-state index is 11.3. The lowest BCUT2D eigenvalue weighted by molar-refractivity contribution is -0.398. The van der Waals surface area contributed by atoms with Crippen LogP contribution in [0.4, 0.5) is 5.69 Å². The van der Waals surface area contributed by atoms with Gasteiger partial charge in [-0.05, 0) is 18.6 Å². The molecule has 0 radical (unpaired) electrons. The molecule has 0 aliphatic heterocycles. The van der Waals surface area contributed by atoms with Gasteiger partial charge < -0.3 is 10.4 Å².